The third-order valence-electron chi connectivity index (χ3n) is 0.994. The van der Waals surface area contributed by atoms with Crippen LogP contribution in [0.25, 0.3) is 0 Å². The van der Waals surface area contributed by atoms with Crippen molar-refractivity contribution in [2.45, 2.75) is 13.8 Å². The van der Waals surface area contributed by atoms with Crippen LogP contribution in [0.5, 0.6) is 0 Å². The van der Waals surface area contributed by atoms with Crippen molar-refractivity contribution in [1.82, 2.24) is 5.32 Å². The van der Waals surface area contributed by atoms with Crippen molar-refractivity contribution < 1.29 is 9.59 Å². The monoisotopic (exact) mass is 153 g/mol. The van der Waals surface area contributed by atoms with E-state index < -0.39 is 0 Å². The molecule has 0 heterocycles. The Labute approximate surface area is 65.8 Å². The van der Waals surface area contributed by atoms with Crippen molar-refractivity contribution in [2.75, 3.05) is 0 Å². The Hall–Kier alpha value is -1.38. The van der Waals surface area contributed by atoms with E-state index in [-0.39, 0.29) is 0 Å². The topological polar surface area (TPSA) is 46.2 Å². The van der Waals surface area contributed by atoms with Gasteiger partial charge in [-0.1, -0.05) is 0 Å². The van der Waals surface area contributed by atoms with Gasteiger partial charge in [0.15, 0.2) is 0 Å². The van der Waals surface area contributed by atoms with E-state index in [4.69, 9.17) is 0 Å². The molecule has 11 heavy (non-hydrogen) atoms. The third kappa shape index (κ3) is 5.08. The van der Waals surface area contributed by atoms with E-state index in [0.29, 0.717) is 11.1 Å². The minimum Gasteiger partial charge on any atom is -0.367 e. The van der Waals surface area contributed by atoms with Gasteiger partial charge in [0.1, 0.15) is 12.6 Å². The number of allylic oxidation sites excluding steroid dienone is 2. The third-order valence-corrected chi connectivity index (χ3v) is 0.994. The zero-order chi connectivity index (χ0) is 8.69. The number of aldehydes is 2. The zero-order valence-corrected chi connectivity index (χ0v) is 6.63. The van der Waals surface area contributed by atoms with Crippen molar-refractivity contribution in [2.24, 2.45) is 0 Å². The summed E-state index contributed by atoms with van der Waals surface area (Å²) in [5, 5.41) is 2.70. The van der Waals surface area contributed by atoms with E-state index >= 15 is 0 Å². The van der Waals surface area contributed by atoms with Gasteiger partial charge in [-0.25, -0.2) is 0 Å². The molecule has 0 fully saturated rings. The lowest BCUT2D eigenvalue weighted by Crippen LogP contribution is -1.97. The normalized spacial score (nSPS) is 12.5. The zero-order valence-electron chi connectivity index (χ0n) is 6.63. The van der Waals surface area contributed by atoms with Crippen molar-refractivity contribution >= 4 is 12.6 Å². The van der Waals surface area contributed by atoms with Crippen LogP contribution in [0.3, 0.4) is 0 Å². The highest BCUT2D eigenvalue weighted by Crippen LogP contribution is 1.84. The molecule has 0 aliphatic rings. The first-order valence-corrected chi connectivity index (χ1v) is 3.20. The Morgan fingerprint density at radius 1 is 1.00 bits per heavy atom. The molecule has 0 unspecified atom stereocenters. The van der Waals surface area contributed by atoms with E-state index in [2.05, 4.69) is 5.32 Å². The first kappa shape index (κ1) is 9.62. The van der Waals surface area contributed by atoms with Crippen LogP contribution in [0, 0.1) is 0 Å². The predicted molar refractivity (Wildman–Crippen MR) is 42.8 cm³/mol. The van der Waals surface area contributed by atoms with Gasteiger partial charge in [0, 0.05) is 23.5 Å². The fraction of sp³-hybridized carbons (Fsp3) is 0.250. The molecule has 0 aromatic rings. The molecule has 0 radical (unpaired) electrons. The second-order valence-electron chi connectivity index (χ2n) is 2.18. The second kappa shape index (κ2) is 5.41. The molecular weight excluding hydrogens is 142 g/mol. The number of hydrogen-bond donors (Lipinski definition) is 1. The van der Waals surface area contributed by atoms with Crippen LogP contribution in [0.15, 0.2) is 23.5 Å². The van der Waals surface area contributed by atoms with Crippen molar-refractivity contribution in [1.29, 1.82) is 0 Å². The van der Waals surface area contributed by atoms with E-state index in [1.54, 1.807) is 13.8 Å². The van der Waals surface area contributed by atoms with Gasteiger partial charge in [0.2, 0.25) is 0 Å². The molecule has 0 atom stereocenters. The molecule has 0 aliphatic heterocycles. The molecule has 0 rings (SSSR count). The van der Waals surface area contributed by atoms with Crippen molar-refractivity contribution in [3.63, 3.8) is 0 Å². The molecule has 0 saturated carbocycles. The summed E-state index contributed by atoms with van der Waals surface area (Å²) >= 11 is 0. The molecule has 0 aromatic heterocycles. The highest BCUT2D eigenvalue weighted by Gasteiger charge is 1.82. The summed E-state index contributed by atoms with van der Waals surface area (Å²) < 4.78 is 0. The van der Waals surface area contributed by atoms with Gasteiger partial charge in [0.25, 0.3) is 0 Å². The van der Waals surface area contributed by atoms with Gasteiger partial charge < -0.3 is 5.32 Å². The molecule has 0 amide bonds. The number of rotatable bonds is 4. The van der Waals surface area contributed by atoms with Crippen molar-refractivity contribution in [3.05, 3.63) is 23.5 Å². The lowest BCUT2D eigenvalue weighted by Gasteiger charge is -1.91. The predicted octanol–water partition coefficient (Wildman–Crippen LogP) is 0.781. The average molecular weight is 153 g/mol. The first-order chi connectivity index (χ1) is 5.20. The van der Waals surface area contributed by atoms with Crippen LogP contribution in [0.1, 0.15) is 13.8 Å². The SMILES string of the molecule is C/C(C=O)=C/N/C=C(\C)C=O. The number of carbonyl (C=O) groups excluding carboxylic acids is 2. The molecule has 0 spiro atoms. The number of carbonyl (C=O) groups is 2. The van der Waals surface area contributed by atoms with Crippen LogP contribution in [-0.4, -0.2) is 12.6 Å². The van der Waals surface area contributed by atoms with Crippen LogP contribution in [0.2, 0.25) is 0 Å². The fourth-order valence-corrected chi connectivity index (χ4v) is 0.373. The Morgan fingerprint density at radius 3 is 1.64 bits per heavy atom. The summed E-state index contributed by atoms with van der Waals surface area (Å²) in [6, 6.07) is 0. The lowest BCUT2D eigenvalue weighted by atomic mass is 10.3. The van der Waals surface area contributed by atoms with E-state index in [0.717, 1.165) is 12.6 Å². The van der Waals surface area contributed by atoms with Gasteiger partial charge in [0.05, 0.1) is 0 Å². The molecule has 3 heteroatoms. The Kier molecular flexibility index (Phi) is 4.73. The Balaban J connectivity index is 3.89. The smallest absolute Gasteiger partial charge is 0.147 e. The minimum absolute atomic E-state index is 0.583. The average Bonchev–Trinajstić information content (AvgIpc) is 2.04. The largest absolute Gasteiger partial charge is 0.367 e. The standard InChI is InChI=1S/C8H11NO2/c1-7(5-10)3-9-4-8(2)6-11/h3-6,9H,1-2H3/b7-3-,8-4+. The van der Waals surface area contributed by atoms with Crippen LogP contribution >= 0.6 is 0 Å². The summed E-state index contributed by atoms with van der Waals surface area (Å²) in [6.45, 7) is 3.34. The fourth-order valence-electron chi connectivity index (χ4n) is 0.373. The highest BCUT2D eigenvalue weighted by atomic mass is 16.1. The van der Waals surface area contributed by atoms with Gasteiger partial charge in [-0.3, -0.25) is 9.59 Å². The van der Waals surface area contributed by atoms with Gasteiger partial charge in [-0.05, 0) is 13.8 Å². The highest BCUT2D eigenvalue weighted by molar-refractivity contribution is 5.73. The molecule has 0 saturated heterocycles. The van der Waals surface area contributed by atoms with Gasteiger partial charge in [-0.15, -0.1) is 0 Å². The summed E-state index contributed by atoms with van der Waals surface area (Å²) in [7, 11) is 0. The Morgan fingerprint density at radius 2 is 1.36 bits per heavy atom. The van der Waals surface area contributed by atoms with Crippen LogP contribution in [-0.2, 0) is 9.59 Å². The number of hydrogen-bond acceptors (Lipinski definition) is 3. The first-order valence-electron chi connectivity index (χ1n) is 3.20. The maximum Gasteiger partial charge on any atom is 0.147 e. The van der Waals surface area contributed by atoms with Gasteiger partial charge in [-0.2, -0.15) is 0 Å². The Bertz CT molecular complexity index is 182. The number of nitrogens with one attached hydrogen (secondary N) is 1. The maximum absolute atomic E-state index is 10.1. The summed E-state index contributed by atoms with van der Waals surface area (Å²) in [5.74, 6) is 0. The molecule has 3 nitrogen and oxygen atoms in total. The van der Waals surface area contributed by atoms with Gasteiger partial charge >= 0.3 is 0 Å². The summed E-state index contributed by atoms with van der Waals surface area (Å²) in [6.07, 6.45) is 4.52. The quantitative estimate of drug-likeness (QED) is 0.479. The van der Waals surface area contributed by atoms with E-state index in [1.807, 2.05) is 0 Å². The second-order valence-corrected chi connectivity index (χ2v) is 2.18. The summed E-state index contributed by atoms with van der Waals surface area (Å²) in [4.78, 5) is 20.1. The maximum atomic E-state index is 10.1. The van der Waals surface area contributed by atoms with Crippen LogP contribution < -0.4 is 5.32 Å². The summed E-state index contributed by atoms with van der Waals surface area (Å²) in [5.41, 5.74) is 1.17. The van der Waals surface area contributed by atoms with E-state index in [1.165, 1.54) is 12.4 Å². The molecular formula is C8H11NO2. The van der Waals surface area contributed by atoms with Crippen LogP contribution in [0.4, 0.5) is 0 Å². The minimum atomic E-state index is 0.583. The van der Waals surface area contributed by atoms with E-state index in [9.17, 15) is 9.59 Å². The molecule has 0 aliphatic carbocycles. The molecule has 1 N–H and O–H groups in total. The lowest BCUT2D eigenvalue weighted by molar-refractivity contribution is -0.105. The molecule has 0 bridgehead atoms. The van der Waals surface area contributed by atoms with Crippen molar-refractivity contribution in [3.8, 4) is 0 Å². The molecule has 0 aromatic carbocycles. The molecule has 60 valence electrons.